The van der Waals surface area contributed by atoms with Gasteiger partial charge in [-0.3, -0.25) is 4.68 Å². The highest BCUT2D eigenvalue weighted by atomic mass is 35.5. The third-order valence-electron chi connectivity index (χ3n) is 2.41. The number of rotatable bonds is 5. The van der Waals surface area contributed by atoms with E-state index in [4.69, 9.17) is 11.6 Å². The molecule has 0 aliphatic heterocycles. The zero-order valence-corrected chi connectivity index (χ0v) is 10.7. The molecular weight excluding hydrogens is 210 g/mol. The smallest absolute Gasteiger partial charge is 0.0597 e. The fourth-order valence-corrected chi connectivity index (χ4v) is 1.95. The first-order chi connectivity index (χ1) is 6.99. The van der Waals surface area contributed by atoms with Gasteiger partial charge >= 0.3 is 0 Å². The summed E-state index contributed by atoms with van der Waals surface area (Å²) in [7, 11) is 1.97. The number of halogens is 1. The van der Waals surface area contributed by atoms with Gasteiger partial charge in [-0.15, -0.1) is 11.6 Å². The summed E-state index contributed by atoms with van der Waals surface area (Å²) in [5.41, 5.74) is 2.27. The number of nitrogens with zero attached hydrogens (tertiary/aromatic N) is 2. The Kier molecular flexibility index (Phi) is 4.61. The van der Waals surface area contributed by atoms with Crippen LogP contribution in [-0.4, -0.2) is 21.2 Å². The van der Waals surface area contributed by atoms with Gasteiger partial charge in [0.05, 0.1) is 11.4 Å². The second-order valence-electron chi connectivity index (χ2n) is 4.20. The van der Waals surface area contributed by atoms with Crippen molar-refractivity contribution in [1.82, 2.24) is 15.1 Å². The zero-order chi connectivity index (χ0) is 11.4. The molecule has 1 heterocycles. The van der Waals surface area contributed by atoms with E-state index in [0.717, 1.165) is 18.7 Å². The minimum Gasteiger partial charge on any atom is -0.309 e. The molecule has 1 aromatic heterocycles. The molecule has 0 spiro atoms. The molecule has 0 saturated carbocycles. The second kappa shape index (κ2) is 5.52. The van der Waals surface area contributed by atoms with Gasteiger partial charge in [-0.1, -0.05) is 0 Å². The Morgan fingerprint density at radius 2 is 2.20 bits per heavy atom. The summed E-state index contributed by atoms with van der Waals surface area (Å²) >= 11 is 5.93. The molecule has 0 aliphatic rings. The van der Waals surface area contributed by atoms with E-state index in [2.05, 4.69) is 23.4 Å². The molecule has 15 heavy (non-hydrogen) atoms. The first kappa shape index (κ1) is 12.5. The van der Waals surface area contributed by atoms with Crippen molar-refractivity contribution in [3.63, 3.8) is 0 Å². The van der Waals surface area contributed by atoms with Crippen LogP contribution in [0.3, 0.4) is 0 Å². The maximum absolute atomic E-state index is 5.93. The third-order valence-corrected chi connectivity index (χ3v) is 2.59. The summed E-state index contributed by atoms with van der Waals surface area (Å²) in [6, 6.07) is 2.54. The number of aryl methyl sites for hydroxylation is 2. The van der Waals surface area contributed by atoms with E-state index in [9.17, 15) is 0 Å². The lowest BCUT2D eigenvalue weighted by atomic mass is 10.2. The molecule has 0 aliphatic carbocycles. The van der Waals surface area contributed by atoms with Crippen molar-refractivity contribution in [3.05, 3.63) is 17.5 Å². The highest BCUT2D eigenvalue weighted by Crippen LogP contribution is 2.06. The summed E-state index contributed by atoms with van der Waals surface area (Å²) in [6.07, 6.45) is 0.985. The van der Waals surface area contributed by atoms with Crippen LogP contribution < -0.4 is 5.32 Å². The van der Waals surface area contributed by atoms with Crippen LogP contribution in [0, 0.1) is 6.92 Å². The van der Waals surface area contributed by atoms with Crippen LogP contribution in [0.5, 0.6) is 0 Å². The third kappa shape index (κ3) is 4.22. The molecule has 0 saturated heterocycles. The Morgan fingerprint density at radius 1 is 1.53 bits per heavy atom. The summed E-state index contributed by atoms with van der Waals surface area (Å²) in [5.74, 6) is 0. The first-order valence-electron chi connectivity index (χ1n) is 5.36. The molecule has 4 heteroatoms. The Balaban J connectivity index is 2.40. The molecular formula is C11H20ClN3. The first-order valence-corrected chi connectivity index (χ1v) is 5.79. The van der Waals surface area contributed by atoms with Gasteiger partial charge in [0, 0.05) is 25.0 Å². The standard InChI is InChI=1S/C11H20ClN3/c1-8(12)5-9(2)13-7-11-6-10(3)14-15(11)4/h6,8-9,13H,5,7H2,1-4H3. The summed E-state index contributed by atoms with van der Waals surface area (Å²) in [6.45, 7) is 7.03. The van der Waals surface area contributed by atoms with E-state index in [1.165, 1.54) is 5.69 Å². The average molecular weight is 230 g/mol. The average Bonchev–Trinajstić information content (AvgIpc) is 2.40. The van der Waals surface area contributed by atoms with Crippen LogP contribution in [0.15, 0.2) is 6.07 Å². The van der Waals surface area contributed by atoms with Crippen LogP contribution in [0.1, 0.15) is 31.7 Å². The summed E-state index contributed by atoms with van der Waals surface area (Å²) in [4.78, 5) is 0. The minimum absolute atomic E-state index is 0.223. The van der Waals surface area contributed by atoms with Crippen molar-refractivity contribution in [2.24, 2.45) is 7.05 Å². The highest BCUT2D eigenvalue weighted by Gasteiger charge is 2.07. The lowest BCUT2D eigenvalue weighted by Gasteiger charge is -2.14. The van der Waals surface area contributed by atoms with Crippen molar-refractivity contribution in [2.75, 3.05) is 0 Å². The predicted molar refractivity (Wildman–Crippen MR) is 64.2 cm³/mol. The molecule has 1 N–H and O–H groups in total. The lowest BCUT2D eigenvalue weighted by molar-refractivity contribution is 0.497. The van der Waals surface area contributed by atoms with Crippen molar-refractivity contribution in [3.8, 4) is 0 Å². The van der Waals surface area contributed by atoms with Crippen molar-refractivity contribution in [1.29, 1.82) is 0 Å². The molecule has 0 bridgehead atoms. The molecule has 0 fully saturated rings. The van der Waals surface area contributed by atoms with Gasteiger partial charge in [-0.2, -0.15) is 5.10 Å². The van der Waals surface area contributed by atoms with Crippen LogP contribution in [0.4, 0.5) is 0 Å². The van der Waals surface area contributed by atoms with Crippen LogP contribution in [-0.2, 0) is 13.6 Å². The maximum atomic E-state index is 5.93. The Hall–Kier alpha value is -0.540. The lowest BCUT2D eigenvalue weighted by Crippen LogP contribution is -2.28. The number of hydrogen-bond acceptors (Lipinski definition) is 2. The van der Waals surface area contributed by atoms with E-state index in [0.29, 0.717) is 6.04 Å². The molecule has 2 atom stereocenters. The molecule has 3 nitrogen and oxygen atoms in total. The van der Waals surface area contributed by atoms with Gasteiger partial charge in [0.2, 0.25) is 0 Å². The number of alkyl halides is 1. The van der Waals surface area contributed by atoms with E-state index < -0.39 is 0 Å². The van der Waals surface area contributed by atoms with Crippen LogP contribution in [0.2, 0.25) is 0 Å². The summed E-state index contributed by atoms with van der Waals surface area (Å²) in [5, 5.41) is 7.96. The van der Waals surface area contributed by atoms with Crippen LogP contribution >= 0.6 is 11.6 Å². The van der Waals surface area contributed by atoms with E-state index >= 15 is 0 Å². The fourth-order valence-electron chi connectivity index (χ4n) is 1.68. The Labute approximate surface area is 96.8 Å². The predicted octanol–water partition coefficient (Wildman–Crippen LogP) is 2.22. The van der Waals surface area contributed by atoms with Crippen molar-refractivity contribution >= 4 is 11.6 Å². The molecule has 86 valence electrons. The van der Waals surface area contributed by atoms with Gasteiger partial charge in [0.25, 0.3) is 0 Å². The van der Waals surface area contributed by atoms with Crippen LogP contribution in [0.25, 0.3) is 0 Å². The fraction of sp³-hybridized carbons (Fsp3) is 0.727. The van der Waals surface area contributed by atoms with Crippen molar-refractivity contribution < 1.29 is 0 Å². The van der Waals surface area contributed by atoms with Gasteiger partial charge in [0.15, 0.2) is 0 Å². The number of hydrogen-bond donors (Lipinski definition) is 1. The van der Waals surface area contributed by atoms with Gasteiger partial charge < -0.3 is 5.32 Å². The molecule has 0 radical (unpaired) electrons. The normalized spacial score (nSPS) is 15.3. The van der Waals surface area contributed by atoms with E-state index in [1.807, 2.05) is 25.6 Å². The van der Waals surface area contributed by atoms with E-state index in [-0.39, 0.29) is 5.38 Å². The minimum atomic E-state index is 0.223. The monoisotopic (exact) mass is 229 g/mol. The highest BCUT2D eigenvalue weighted by molar-refractivity contribution is 6.20. The molecule has 2 unspecified atom stereocenters. The molecule has 0 amide bonds. The number of aromatic nitrogens is 2. The molecule has 0 aromatic carbocycles. The second-order valence-corrected chi connectivity index (χ2v) is 4.94. The van der Waals surface area contributed by atoms with Crippen molar-refractivity contribution in [2.45, 2.75) is 45.2 Å². The van der Waals surface area contributed by atoms with Gasteiger partial charge in [-0.25, -0.2) is 0 Å². The number of nitrogens with one attached hydrogen (secondary N) is 1. The zero-order valence-electron chi connectivity index (χ0n) is 9.92. The molecule has 1 rings (SSSR count). The summed E-state index contributed by atoms with van der Waals surface area (Å²) < 4.78 is 1.92. The Bertz CT molecular complexity index is 307. The maximum Gasteiger partial charge on any atom is 0.0597 e. The Morgan fingerprint density at radius 3 is 2.67 bits per heavy atom. The van der Waals surface area contributed by atoms with Gasteiger partial charge in [-0.05, 0) is 33.3 Å². The largest absolute Gasteiger partial charge is 0.309 e. The van der Waals surface area contributed by atoms with Gasteiger partial charge in [0.1, 0.15) is 0 Å². The quantitative estimate of drug-likeness (QED) is 0.785. The topological polar surface area (TPSA) is 29.9 Å². The van der Waals surface area contributed by atoms with E-state index in [1.54, 1.807) is 0 Å². The SMILES string of the molecule is Cc1cc(CNC(C)CC(C)Cl)n(C)n1. The molecule has 1 aromatic rings.